The number of hydrogen-bond acceptors (Lipinski definition) is 11. The first kappa shape index (κ1) is 65.9. The lowest BCUT2D eigenvalue weighted by atomic mass is 9.80. The van der Waals surface area contributed by atoms with E-state index in [1.54, 1.807) is 40.2 Å². The van der Waals surface area contributed by atoms with Crippen molar-refractivity contribution in [3.05, 3.63) is 126 Å². The number of ether oxygens (including phenoxy) is 3. The number of aliphatic hydroxyl groups excluding tert-OH is 3. The Morgan fingerprint density at radius 2 is 1.40 bits per heavy atom. The number of anilines is 1. The highest BCUT2D eigenvalue weighted by Crippen LogP contribution is 2.43. The van der Waals surface area contributed by atoms with Crippen LogP contribution in [-0.4, -0.2) is 107 Å². The second-order valence-corrected chi connectivity index (χ2v) is 22.3. The molecule has 1 heterocycles. The number of aromatic nitrogens is 1. The van der Waals surface area contributed by atoms with Crippen molar-refractivity contribution in [2.45, 2.75) is 137 Å². The lowest BCUT2D eigenvalue weighted by Gasteiger charge is -2.30. The molecule has 0 fully saturated rings. The van der Waals surface area contributed by atoms with E-state index in [2.05, 4.69) is 24.5 Å². The lowest BCUT2D eigenvalue weighted by molar-refractivity contribution is -0.139. The van der Waals surface area contributed by atoms with Gasteiger partial charge in [0.05, 0.1) is 55.1 Å². The number of aliphatic hydroxyl groups is 3. The molecule has 6 atom stereocenters. The van der Waals surface area contributed by atoms with Crippen molar-refractivity contribution in [3.8, 4) is 33.9 Å². The van der Waals surface area contributed by atoms with Crippen LogP contribution in [0.4, 0.5) is 10.1 Å². The normalized spacial score (nSPS) is 13.9. The van der Waals surface area contributed by atoms with Gasteiger partial charge in [-0.15, -0.1) is 0 Å². The fourth-order valence-electron chi connectivity index (χ4n) is 9.59. The van der Waals surface area contributed by atoms with E-state index in [0.717, 1.165) is 29.7 Å². The van der Waals surface area contributed by atoms with Gasteiger partial charge in [-0.2, -0.15) is 0 Å². The Balaban J connectivity index is 0.000000345. The summed E-state index contributed by atoms with van der Waals surface area (Å²) < 4.78 is 32.5. The first-order valence-electron chi connectivity index (χ1n) is 27.7. The second-order valence-electron chi connectivity index (χ2n) is 22.3. The number of primary amides is 1. The summed E-state index contributed by atoms with van der Waals surface area (Å²) in [7, 11) is 3.29. The van der Waals surface area contributed by atoms with Crippen molar-refractivity contribution in [2.24, 2.45) is 40.6 Å². The summed E-state index contributed by atoms with van der Waals surface area (Å²) in [5, 5.41) is 46.6. The molecule has 438 valence electrons. The zero-order chi connectivity index (χ0) is 59.3. The van der Waals surface area contributed by atoms with Gasteiger partial charge in [-0.25, -0.2) is 4.39 Å². The molecular formula is C63H88FN5O11. The predicted molar refractivity (Wildman–Crippen MR) is 312 cm³/mol. The molecule has 0 unspecified atom stereocenters. The molecule has 4 aromatic carbocycles. The Morgan fingerprint density at radius 1 is 0.762 bits per heavy atom. The van der Waals surface area contributed by atoms with E-state index in [1.807, 2.05) is 111 Å². The van der Waals surface area contributed by atoms with E-state index < -0.39 is 54.0 Å². The molecule has 5 aromatic rings. The molecule has 0 aliphatic carbocycles. The third-order valence-corrected chi connectivity index (χ3v) is 14.4. The van der Waals surface area contributed by atoms with Crippen LogP contribution in [0.3, 0.4) is 0 Å². The van der Waals surface area contributed by atoms with Gasteiger partial charge in [0, 0.05) is 62.1 Å². The largest absolute Gasteiger partial charge is 0.493 e. The van der Waals surface area contributed by atoms with Crippen LogP contribution in [0.1, 0.15) is 121 Å². The molecule has 1 aromatic heterocycles. The van der Waals surface area contributed by atoms with Crippen LogP contribution in [0, 0.1) is 34.9 Å². The summed E-state index contributed by atoms with van der Waals surface area (Å²) >= 11 is 0. The van der Waals surface area contributed by atoms with Crippen LogP contribution in [0.15, 0.2) is 103 Å². The molecule has 10 N–H and O–H groups in total. The quantitative estimate of drug-likeness (QED) is 0.0193. The minimum absolute atomic E-state index is 0.00829. The maximum atomic E-state index is 14.0. The predicted octanol–water partition coefficient (Wildman–Crippen LogP) is 9.61. The number of amides is 3. The summed E-state index contributed by atoms with van der Waals surface area (Å²) in [5.74, 6) is -1.14. The third-order valence-electron chi connectivity index (χ3n) is 14.4. The molecule has 80 heavy (non-hydrogen) atoms. The van der Waals surface area contributed by atoms with Gasteiger partial charge in [0.25, 0.3) is 5.91 Å². The van der Waals surface area contributed by atoms with E-state index in [-0.39, 0.29) is 67.7 Å². The summed E-state index contributed by atoms with van der Waals surface area (Å²) in [6, 6.07) is 30.2. The van der Waals surface area contributed by atoms with Crippen LogP contribution in [0.5, 0.6) is 11.5 Å². The van der Waals surface area contributed by atoms with Gasteiger partial charge in [0.2, 0.25) is 11.8 Å². The second kappa shape index (κ2) is 32.0. The van der Waals surface area contributed by atoms with Gasteiger partial charge in [-0.1, -0.05) is 96.1 Å². The van der Waals surface area contributed by atoms with Gasteiger partial charge in [-0.3, -0.25) is 19.2 Å². The van der Waals surface area contributed by atoms with Crippen molar-refractivity contribution in [2.75, 3.05) is 39.3 Å². The Kier molecular flexibility index (Phi) is 26.3. The van der Waals surface area contributed by atoms with E-state index in [1.165, 1.54) is 12.1 Å². The van der Waals surface area contributed by atoms with E-state index in [9.17, 15) is 38.9 Å². The number of carbonyl (C=O) groups excluding carboxylic acids is 3. The van der Waals surface area contributed by atoms with E-state index in [4.69, 9.17) is 30.8 Å². The van der Waals surface area contributed by atoms with Crippen LogP contribution in [-0.2, 0) is 32.1 Å². The average Bonchev–Trinajstić information content (AvgIpc) is 4.05. The molecule has 0 radical (unpaired) electrons. The molecule has 0 spiro atoms. The molecule has 0 aliphatic heterocycles. The van der Waals surface area contributed by atoms with Gasteiger partial charge < -0.3 is 61.3 Å². The highest BCUT2D eigenvalue weighted by Gasteiger charge is 2.34. The maximum absolute atomic E-state index is 14.0. The average molecular weight is 1110 g/mol. The lowest BCUT2D eigenvalue weighted by Crippen LogP contribution is -2.46. The standard InChI is InChI=1S/C33H35FN2O5.C30H53N3O6/c1-21(2)31-30(33(41)35-25-11-7-4-8-12-25)29(22-9-5-3-6-10-22)32(23-13-15-24(34)16-14-23)36(31)18-17-26(37)19-27(38)20-28(39)40;1-19(2)22(14-21-10-11-26(38-8)27(15-21)39-13-9-12-37-7)16-24(31)25(34)17-23(20(3)4)28(35)33-18-30(5,6)29(32)36/h3-16,21,26-27,37-38H,17-20H2,1-2H3,(H,35,41)(H,39,40);10-11,15,19-20,22-25,34H,9,12-14,16-18,31H2,1-8H3,(H2,32,36)(H,33,35)/t26-,27-;22-,23-,24-,25-/m10/s1. The number of nitrogens with two attached hydrogens (primary N) is 2. The number of nitrogens with one attached hydrogen (secondary N) is 2. The van der Waals surface area contributed by atoms with Gasteiger partial charge in [0.15, 0.2) is 11.5 Å². The number of carboxylic acid groups (broad SMARTS) is 1. The molecule has 16 nitrogen and oxygen atoms in total. The first-order valence-corrected chi connectivity index (χ1v) is 27.7. The van der Waals surface area contributed by atoms with Crippen LogP contribution in [0.2, 0.25) is 0 Å². The molecule has 0 saturated heterocycles. The zero-order valence-corrected chi connectivity index (χ0v) is 48.4. The number of nitrogens with zero attached hydrogens (tertiary/aromatic N) is 1. The number of halogens is 1. The number of hydrogen-bond donors (Lipinski definition) is 8. The highest BCUT2D eigenvalue weighted by molar-refractivity contribution is 6.12. The number of carboxylic acids is 1. The van der Waals surface area contributed by atoms with Crippen molar-refractivity contribution in [1.82, 2.24) is 9.88 Å². The Bertz CT molecular complexity index is 2710. The number of benzene rings is 4. The summed E-state index contributed by atoms with van der Waals surface area (Å²) in [5.41, 5.74) is 17.0. The maximum Gasteiger partial charge on any atom is 0.305 e. The highest BCUT2D eigenvalue weighted by atomic mass is 19.1. The SMILES string of the molecule is CC(C)c1c(C(=O)Nc2ccccc2)c(-c2ccccc2)c(-c2ccc(F)cc2)n1CC[C@@H](O)C[C@@H](O)CC(=O)O.COCCCOc1cc(C[C@@H](C[C@H](N)[C@@H](O)C[C@H](C(=O)NCC(C)(C)C(N)=O)C(C)C)C(C)C)ccc1OC. The minimum atomic E-state index is -1.18. The van der Waals surface area contributed by atoms with Crippen molar-refractivity contribution in [3.63, 3.8) is 0 Å². The van der Waals surface area contributed by atoms with Crippen LogP contribution >= 0.6 is 0 Å². The molecule has 0 aliphatic rings. The Labute approximate surface area is 472 Å². The number of rotatable bonds is 31. The summed E-state index contributed by atoms with van der Waals surface area (Å²) in [4.78, 5) is 49.6. The molecule has 0 saturated carbocycles. The zero-order valence-electron chi connectivity index (χ0n) is 48.4. The smallest absolute Gasteiger partial charge is 0.305 e. The fourth-order valence-corrected chi connectivity index (χ4v) is 9.59. The van der Waals surface area contributed by atoms with Crippen molar-refractivity contribution in [1.29, 1.82) is 0 Å². The van der Waals surface area contributed by atoms with Crippen LogP contribution < -0.4 is 31.6 Å². The fraction of sp³-hybridized carbons (Fsp3) is 0.492. The molecular weight excluding hydrogens is 1020 g/mol. The monoisotopic (exact) mass is 1110 g/mol. The molecule has 0 bridgehead atoms. The van der Waals surface area contributed by atoms with Crippen LogP contribution in [0.25, 0.3) is 22.4 Å². The molecule has 5 rings (SSSR count). The summed E-state index contributed by atoms with van der Waals surface area (Å²) in [6.07, 6.45) is -0.947. The van der Waals surface area contributed by atoms with Crippen molar-refractivity contribution < 1.29 is 58.2 Å². The van der Waals surface area contributed by atoms with Gasteiger partial charge in [-0.05, 0) is 135 Å². The van der Waals surface area contributed by atoms with E-state index in [0.29, 0.717) is 65.1 Å². The van der Waals surface area contributed by atoms with Gasteiger partial charge in [0.1, 0.15) is 5.82 Å². The number of aliphatic carboxylic acids is 1. The first-order chi connectivity index (χ1) is 37.9. The Morgan fingerprint density at radius 3 is 1.96 bits per heavy atom. The number of para-hydroxylation sites is 1. The van der Waals surface area contributed by atoms with E-state index >= 15 is 0 Å². The molecule has 3 amide bonds. The number of methoxy groups -OCH3 is 2. The topological polar surface area (TPSA) is 258 Å². The minimum Gasteiger partial charge on any atom is -0.493 e. The van der Waals surface area contributed by atoms with Gasteiger partial charge >= 0.3 is 5.97 Å². The molecule has 17 heteroatoms. The van der Waals surface area contributed by atoms with Crippen molar-refractivity contribution >= 4 is 29.4 Å². The third kappa shape index (κ3) is 19.9. The Hall–Kier alpha value is -6.63. The number of carbonyl (C=O) groups is 4. The summed E-state index contributed by atoms with van der Waals surface area (Å²) in [6.45, 7) is 17.1.